The van der Waals surface area contributed by atoms with Gasteiger partial charge < -0.3 is 19.9 Å². The summed E-state index contributed by atoms with van der Waals surface area (Å²) >= 11 is 1.24. The SMILES string of the molecule is CCCOC(=O)c1c(-c2ccc(C)cc2C)csc1NC(=O)[C@@H]1[C@H](C(=O)O)[C@H]2CC[C@H]1O2. The number of aryl methyl sites for hydroxylation is 2. The Labute approximate surface area is 190 Å². The molecule has 0 aliphatic carbocycles. The molecule has 2 fully saturated rings. The molecule has 2 aromatic rings. The Morgan fingerprint density at radius 2 is 1.88 bits per heavy atom. The van der Waals surface area contributed by atoms with Gasteiger partial charge in [0.1, 0.15) is 10.6 Å². The van der Waals surface area contributed by atoms with Gasteiger partial charge in [-0.1, -0.05) is 30.7 Å². The first-order valence-corrected chi connectivity index (χ1v) is 11.7. The average Bonchev–Trinajstić information content (AvgIpc) is 3.46. The molecule has 3 heterocycles. The van der Waals surface area contributed by atoms with Crippen molar-refractivity contribution in [1.82, 2.24) is 0 Å². The highest BCUT2D eigenvalue weighted by Crippen LogP contribution is 2.45. The lowest BCUT2D eigenvalue weighted by molar-refractivity contribution is -0.147. The molecule has 4 rings (SSSR count). The second-order valence-electron chi connectivity index (χ2n) is 8.48. The summed E-state index contributed by atoms with van der Waals surface area (Å²) in [4.78, 5) is 37.9. The van der Waals surface area contributed by atoms with Crippen molar-refractivity contribution in [2.45, 2.75) is 52.2 Å². The summed E-state index contributed by atoms with van der Waals surface area (Å²) in [7, 11) is 0. The minimum Gasteiger partial charge on any atom is -0.481 e. The van der Waals surface area contributed by atoms with Crippen LogP contribution < -0.4 is 5.32 Å². The Morgan fingerprint density at radius 3 is 2.53 bits per heavy atom. The zero-order valence-electron chi connectivity index (χ0n) is 18.3. The molecule has 1 aromatic heterocycles. The number of aliphatic carboxylic acids is 1. The third kappa shape index (κ3) is 4.04. The normalized spacial score (nSPS) is 23.8. The predicted molar refractivity (Wildman–Crippen MR) is 121 cm³/mol. The van der Waals surface area contributed by atoms with Gasteiger partial charge in [0, 0.05) is 10.9 Å². The molecule has 2 aliphatic rings. The van der Waals surface area contributed by atoms with Crippen LogP contribution in [-0.2, 0) is 19.1 Å². The molecule has 1 amide bonds. The van der Waals surface area contributed by atoms with E-state index in [1.54, 1.807) is 0 Å². The van der Waals surface area contributed by atoms with Crippen LogP contribution in [0.2, 0.25) is 0 Å². The molecular weight excluding hydrogens is 430 g/mol. The van der Waals surface area contributed by atoms with Crippen LogP contribution in [0.25, 0.3) is 11.1 Å². The van der Waals surface area contributed by atoms with E-state index in [4.69, 9.17) is 9.47 Å². The molecule has 2 saturated heterocycles. The van der Waals surface area contributed by atoms with E-state index in [9.17, 15) is 19.5 Å². The molecule has 1 aromatic carbocycles. The number of carbonyl (C=O) groups excluding carboxylic acids is 2. The van der Waals surface area contributed by atoms with Gasteiger partial charge in [0.05, 0.1) is 30.7 Å². The maximum atomic E-state index is 13.2. The molecular formula is C24H27NO6S. The summed E-state index contributed by atoms with van der Waals surface area (Å²) in [5, 5.41) is 14.7. The molecule has 32 heavy (non-hydrogen) atoms. The van der Waals surface area contributed by atoms with E-state index in [1.807, 2.05) is 44.4 Å². The average molecular weight is 458 g/mol. The molecule has 0 saturated carbocycles. The minimum atomic E-state index is -1.03. The first-order valence-electron chi connectivity index (χ1n) is 10.9. The van der Waals surface area contributed by atoms with Crippen molar-refractivity contribution in [3.63, 3.8) is 0 Å². The van der Waals surface area contributed by atoms with Crippen molar-refractivity contribution in [2.75, 3.05) is 11.9 Å². The third-order valence-electron chi connectivity index (χ3n) is 6.20. The van der Waals surface area contributed by atoms with Crippen molar-refractivity contribution < 1.29 is 29.0 Å². The van der Waals surface area contributed by atoms with Crippen LogP contribution in [-0.4, -0.2) is 41.8 Å². The van der Waals surface area contributed by atoms with Gasteiger partial charge in [-0.05, 0) is 44.2 Å². The van der Waals surface area contributed by atoms with Crippen molar-refractivity contribution in [3.05, 3.63) is 40.3 Å². The second-order valence-corrected chi connectivity index (χ2v) is 9.36. The molecule has 8 heteroatoms. The largest absolute Gasteiger partial charge is 0.481 e. The van der Waals surface area contributed by atoms with Crippen molar-refractivity contribution in [3.8, 4) is 11.1 Å². The van der Waals surface area contributed by atoms with Gasteiger partial charge in [0.25, 0.3) is 0 Å². The molecule has 0 unspecified atom stereocenters. The van der Waals surface area contributed by atoms with E-state index in [1.165, 1.54) is 11.3 Å². The Hall–Kier alpha value is -2.71. The zero-order chi connectivity index (χ0) is 23.0. The lowest BCUT2D eigenvalue weighted by Gasteiger charge is -2.23. The predicted octanol–water partition coefficient (Wildman–Crippen LogP) is 4.42. The number of fused-ring (bicyclic) bond motifs is 2. The minimum absolute atomic E-state index is 0.274. The lowest BCUT2D eigenvalue weighted by atomic mass is 9.78. The van der Waals surface area contributed by atoms with E-state index in [0.29, 0.717) is 35.4 Å². The van der Waals surface area contributed by atoms with Gasteiger partial charge in [-0.2, -0.15) is 0 Å². The number of carboxylic acid groups (broad SMARTS) is 1. The maximum absolute atomic E-state index is 13.2. The number of benzene rings is 1. The summed E-state index contributed by atoms with van der Waals surface area (Å²) in [6, 6.07) is 5.97. The number of hydrogen-bond acceptors (Lipinski definition) is 6. The van der Waals surface area contributed by atoms with Crippen molar-refractivity contribution in [1.29, 1.82) is 0 Å². The van der Waals surface area contributed by atoms with Crippen molar-refractivity contribution >= 4 is 34.2 Å². The van der Waals surface area contributed by atoms with Crippen LogP contribution in [0.3, 0.4) is 0 Å². The molecule has 0 spiro atoms. The molecule has 7 nitrogen and oxygen atoms in total. The molecule has 2 N–H and O–H groups in total. The Kier molecular flexibility index (Phi) is 6.35. The first-order chi connectivity index (χ1) is 15.3. The molecule has 4 atom stereocenters. The summed E-state index contributed by atoms with van der Waals surface area (Å²) in [6.45, 7) is 6.16. The van der Waals surface area contributed by atoms with Crippen LogP contribution >= 0.6 is 11.3 Å². The topological polar surface area (TPSA) is 102 Å². The fourth-order valence-corrected chi connectivity index (χ4v) is 5.70. The molecule has 170 valence electrons. The van der Waals surface area contributed by atoms with Crippen LogP contribution in [0.1, 0.15) is 47.7 Å². The van der Waals surface area contributed by atoms with E-state index in [2.05, 4.69) is 5.32 Å². The quantitative estimate of drug-likeness (QED) is 0.597. The number of hydrogen-bond donors (Lipinski definition) is 2. The van der Waals surface area contributed by atoms with Crippen LogP contribution in [0.5, 0.6) is 0 Å². The monoisotopic (exact) mass is 457 g/mol. The number of carbonyl (C=O) groups is 3. The highest BCUT2D eigenvalue weighted by molar-refractivity contribution is 7.15. The molecule has 2 aliphatic heterocycles. The fourth-order valence-electron chi connectivity index (χ4n) is 4.75. The number of carboxylic acids is 1. The Morgan fingerprint density at radius 1 is 1.16 bits per heavy atom. The number of anilines is 1. The number of thiophene rings is 1. The standard InChI is InChI=1S/C24H27NO6S/c1-4-9-30-24(29)18-15(14-6-5-12(2)10-13(14)3)11-32-22(18)25-21(26)19-16-7-8-17(31-16)20(19)23(27)28/h5-6,10-11,16-17,19-20H,4,7-9H2,1-3H3,(H,25,26)(H,27,28)/t16-,17-,19+,20-/m1/s1. The van der Waals surface area contributed by atoms with Gasteiger partial charge in [0.15, 0.2) is 0 Å². The number of amides is 1. The molecule has 2 bridgehead atoms. The van der Waals surface area contributed by atoms with Gasteiger partial charge in [-0.15, -0.1) is 11.3 Å². The maximum Gasteiger partial charge on any atom is 0.341 e. The van der Waals surface area contributed by atoms with Crippen molar-refractivity contribution in [2.24, 2.45) is 11.8 Å². The zero-order valence-corrected chi connectivity index (χ0v) is 19.2. The Balaban J connectivity index is 1.68. The van der Waals surface area contributed by atoms with E-state index >= 15 is 0 Å². The highest BCUT2D eigenvalue weighted by atomic mass is 32.1. The van der Waals surface area contributed by atoms with Crippen LogP contribution in [0, 0.1) is 25.7 Å². The highest BCUT2D eigenvalue weighted by Gasteiger charge is 2.55. The fraction of sp³-hybridized carbons (Fsp3) is 0.458. The van der Waals surface area contributed by atoms with Gasteiger partial charge >= 0.3 is 11.9 Å². The van der Waals surface area contributed by atoms with Crippen LogP contribution in [0.15, 0.2) is 23.6 Å². The van der Waals surface area contributed by atoms with Gasteiger partial charge in [-0.25, -0.2) is 4.79 Å². The smallest absolute Gasteiger partial charge is 0.341 e. The van der Waals surface area contributed by atoms with Gasteiger partial charge in [-0.3, -0.25) is 9.59 Å². The number of nitrogens with one attached hydrogen (secondary N) is 1. The first kappa shape index (κ1) is 22.5. The number of esters is 1. The van der Waals surface area contributed by atoms with E-state index < -0.39 is 41.9 Å². The van der Waals surface area contributed by atoms with Gasteiger partial charge in [0.2, 0.25) is 5.91 Å². The second kappa shape index (κ2) is 9.03. The third-order valence-corrected chi connectivity index (χ3v) is 7.10. The summed E-state index contributed by atoms with van der Waals surface area (Å²) in [6.07, 6.45) is 1.15. The van der Waals surface area contributed by atoms with Crippen LogP contribution in [0.4, 0.5) is 5.00 Å². The lowest BCUT2D eigenvalue weighted by Crippen LogP contribution is -2.41. The number of rotatable bonds is 7. The summed E-state index contributed by atoms with van der Waals surface area (Å²) in [5.41, 5.74) is 4.02. The molecule has 0 radical (unpaired) electrons. The summed E-state index contributed by atoms with van der Waals surface area (Å²) in [5.74, 6) is -3.61. The van der Waals surface area contributed by atoms with E-state index in [-0.39, 0.29) is 6.61 Å². The van der Waals surface area contributed by atoms with E-state index in [0.717, 1.165) is 16.7 Å². The summed E-state index contributed by atoms with van der Waals surface area (Å²) < 4.78 is 11.1. The number of ether oxygens (including phenoxy) is 2. The Bertz CT molecular complexity index is 1060.